The number of aryl methyl sites for hydroxylation is 1. The average Bonchev–Trinajstić information content (AvgIpc) is 2.81. The lowest BCUT2D eigenvalue weighted by molar-refractivity contribution is 0.0563. The van der Waals surface area contributed by atoms with Gasteiger partial charge in [0.05, 0.1) is 7.11 Å². The molecule has 0 radical (unpaired) electrons. The van der Waals surface area contributed by atoms with Gasteiger partial charge in [0.25, 0.3) is 0 Å². The number of hydrogen-bond donors (Lipinski definition) is 1. The van der Waals surface area contributed by atoms with Crippen LogP contribution in [0.5, 0.6) is 0 Å². The van der Waals surface area contributed by atoms with Crippen LogP contribution in [0, 0.1) is 6.92 Å². The smallest absolute Gasteiger partial charge is 0.373 e. The maximum absolute atomic E-state index is 12.6. The first-order valence-electron chi connectivity index (χ1n) is 6.29. The van der Waals surface area contributed by atoms with E-state index in [0.717, 1.165) is 0 Å². The van der Waals surface area contributed by atoms with Gasteiger partial charge in [-0.1, -0.05) is 0 Å². The molecule has 1 aliphatic rings. The topological polar surface area (TPSA) is 88.9 Å². The van der Waals surface area contributed by atoms with Crippen molar-refractivity contribution in [2.24, 2.45) is 0 Å². The highest BCUT2D eigenvalue weighted by molar-refractivity contribution is 7.89. The summed E-state index contributed by atoms with van der Waals surface area (Å²) in [6.45, 7) is 4.94. The second kappa shape index (κ2) is 6.78. The predicted octanol–water partition coefficient (Wildman–Crippen LogP) is 0.779. The van der Waals surface area contributed by atoms with Crippen LogP contribution < -0.4 is 5.32 Å². The van der Waals surface area contributed by atoms with Crippen molar-refractivity contribution in [2.75, 3.05) is 26.7 Å². The van der Waals surface area contributed by atoms with Crippen LogP contribution in [0.15, 0.2) is 15.4 Å². The molecule has 0 saturated carbocycles. The summed E-state index contributed by atoms with van der Waals surface area (Å²) < 4.78 is 36.4. The van der Waals surface area contributed by atoms with E-state index in [9.17, 15) is 13.2 Å². The predicted molar refractivity (Wildman–Crippen MR) is 78.3 cm³/mol. The Morgan fingerprint density at radius 2 is 2.19 bits per heavy atom. The summed E-state index contributed by atoms with van der Waals surface area (Å²) in [7, 11) is -2.46. The average molecular weight is 339 g/mol. The molecular weight excluding hydrogens is 320 g/mol. The van der Waals surface area contributed by atoms with E-state index in [0.29, 0.717) is 19.6 Å². The first kappa shape index (κ1) is 18.0. The largest absolute Gasteiger partial charge is 0.463 e. The molecule has 1 fully saturated rings. The fourth-order valence-electron chi connectivity index (χ4n) is 2.23. The zero-order chi connectivity index (χ0) is 14.9. The van der Waals surface area contributed by atoms with E-state index < -0.39 is 16.0 Å². The van der Waals surface area contributed by atoms with Crippen LogP contribution >= 0.6 is 12.4 Å². The number of rotatable bonds is 3. The fraction of sp³-hybridized carbons (Fsp3) is 0.583. The lowest BCUT2D eigenvalue weighted by Gasteiger charge is -2.32. The molecule has 2 rings (SSSR count). The molecule has 21 heavy (non-hydrogen) atoms. The second-order valence-corrected chi connectivity index (χ2v) is 6.55. The first-order valence-corrected chi connectivity index (χ1v) is 7.73. The number of piperazine rings is 1. The Bertz CT molecular complexity index is 613. The van der Waals surface area contributed by atoms with Crippen molar-refractivity contribution < 1.29 is 22.4 Å². The minimum absolute atomic E-state index is 0. The summed E-state index contributed by atoms with van der Waals surface area (Å²) >= 11 is 0. The van der Waals surface area contributed by atoms with Gasteiger partial charge in [-0.05, 0) is 13.8 Å². The van der Waals surface area contributed by atoms with Crippen molar-refractivity contribution in [1.82, 2.24) is 9.62 Å². The molecule has 1 atom stereocenters. The Morgan fingerprint density at radius 3 is 2.76 bits per heavy atom. The van der Waals surface area contributed by atoms with Crippen molar-refractivity contribution in [3.63, 3.8) is 0 Å². The molecule has 1 aromatic rings. The highest BCUT2D eigenvalue weighted by atomic mass is 35.5. The molecule has 0 bridgehead atoms. The van der Waals surface area contributed by atoms with Gasteiger partial charge in [-0.25, -0.2) is 13.2 Å². The number of sulfonamides is 1. The van der Waals surface area contributed by atoms with E-state index in [4.69, 9.17) is 4.42 Å². The van der Waals surface area contributed by atoms with Gasteiger partial charge >= 0.3 is 5.97 Å². The van der Waals surface area contributed by atoms with E-state index in [1.165, 1.54) is 24.4 Å². The summed E-state index contributed by atoms with van der Waals surface area (Å²) in [5.41, 5.74) is 0. The van der Waals surface area contributed by atoms with Gasteiger partial charge in [0.2, 0.25) is 15.8 Å². The third-order valence-electron chi connectivity index (χ3n) is 3.29. The molecule has 1 aliphatic heterocycles. The van der Waals surface area contributed by atoms with Crippen molar-refractivity contribution in [3.05, 3.63) is 17.6 Å². The number of esters is 1. The Kier molecular flexibility index (Phi) is 5.80. The van der Waals surface area contributed by atoms with Crippen molar-refractivity contribution >= 4 is 28.4 Å². The number of ether oxygens (including phenoxy) is 1. The van der Waals surface area contributed by atoms with Crippen LogP contribution in [0.3, 0.4) is 0 Å². The number of nitrogens with zero attached hydrogens (tertiary/aromatic N) is 1. The van der Waals surface area contributed by atoms with Crippen LogP contribution in [-0.2, 0) is 14.8 Å². The number of furan rings is 1. The fourth-order valence-corrected chi connectivity index (χ4v) is 4.02. The molecule has 7 nitrogen and oxygen atoms in total. The third-order valence-corrected chi connectivity index (χ3v) is 5.41. The van der Waals surface area contributed by atoms with E-state index in [-0.39, 0.29) is 34.9 Å². The molecule has 2 heterocycles. The summed E-state index contributed by atoms with van der Waals surface area (Å²) in [5, 5.41) is 3.13. The third kappa shape index (κ3) is 3.39. The summed E-state index contributed by atoms with van der Waals surface area (Å²) in [4.78, 5) is 11.4. The number of halogens is 1. The zero-order valence-electron chi connectivity index (χ0n) is 12.1. The molecule has 9 heteroatoms. The molecule has 1 aromatic heterocycles. The molecule has 0 aliphatic carbocycles. The summed E-state index contributed by atoms with van der Waals surface area (Å²) in [6, 6.07) is 1.08. The van der Waals surface area contributed by atoms with E-state index in [1.54, 1.807) is 0 Å². The van der Waals surface area contributed by atoms with E-state index in [2.05, 4.69) is 10.1 Å². The van der Waals surface area contributed by atoms with Crippen LogP contribution in [0.25, 0.3) is 0 Å². The lowest BCUT2D eigenvalue weighted by Crippen LogP contribution is -2.52. The number of methoxy groups -OCH3 is 1. The number of carbonyl (C=O) groups is 1. The Labute approximate surface area is 130 Å². The van der Waals surface area contributed by atoms with Crippen molar-refractivity contribution in [2.45, 2.75) is 24.8 Å². The Balaban J connectivity index is 0.00000220. The van der Waals surface area contributed by atoms with Gasteiger partial charge in [-0.3, -0.25) is 0 Å². The van der Waals surface area contributed by atoms with Crippen molar-refractivity contribution in [3.8, 4) is 0 Å². The van der Waals surface area contributed by atoms with Crippen LogP contribution in [0.2, 0.25) is 0 Å². The molecule has 1 saturated heterocycles. The van der Waals surface area contributed by atoms with Crippen LogP contribution in [-0.4, -0.2) is 51.5 Å². The SMILES string of the molecule is COC(=O)c1cc(S(=O)(=O)N2CCNCC2C)c(C)o1.Cl. The first-order chi connectivity index (χ1) is 9.37. The zero-order valence-corrected chi connectivity index (χ0v) is 13.7. The number of carbonyl (C=O) groups excluding carboxylic acids is 1. The van der Waals surface area contributed by atoms with Crippen molar-refractivity contribution in [1.29, 1.82) is 0 Å². The standard InChI is InChI=1S/C12H18N2O5S.ClH/c1-8-7-13-4-5-14(8)20(16,17)11-6-10(12(15)18-3)19-9(11)2;/h6,8,13H,4-5,7H2,1-3H3;1H. The summed E-state index contributed by atoms with van der Waals surface area (Å²) in [5.74, 6) is -0.606. The second-order valence-electron chi connectivity index (χ2n) is 4.69. The molecule has 120 valence electrons. The van der Waals surface area contributed by atoms with Crippen LogP contribution in [0.1, 0.15) is 23.2 Å². The highest BCUT2D eigenvalue weighted by Crippen LogP contribution is 2.25. The van der Waals surface area contributed by atoms with Gasteiger partial charge in [0, 0.05) is 31.7 Å². The molecule has 0 spiro atoms. The molecule has 1 N–H and O–H groups in total. The monoisotopic (exact) mass is 338 g/mol. The minimum atomic E-state index is -3.67. The molecule has 0 aromatic carbocycles. The summed E-state index contributed by atoms with van der Waals surface area (Å²) in [6.07, 6.45) is 0. The molecular formula is C12H19ClN2O5S. The van der Waals surface area contributed by atoms with Gasteiger partial charge in [0.1, 0.15) is 10.7 Å². The van der Waals surface area contributed by atoms with E-state index in [1.807, 2.05) is 6.92 Å². The Hall–Kier alpha value is -1.09. The molecule has 1 unspecified atom stereocenters. The van der Waals surface area contributed by atoms with Crippen LogP contribution in [0.4, 0.5) is 0 Å². The lowest BCUT2D eigenvalue weighted by atomic mass is 10.3. The maximum Gasteiger partial charge on any atom is 0.373 e. The maximum atomic E-state index is 12.6. The normalized spacial score (nSPS) is 19.9. The van der Waals surface area contributed by atoms with Gasteiger partial charge < -0.3 is 14.5 Å². The minimum Gasteiger partial charge on any atom is -0.463 e. The highest BCUT2D eigenvalue weighted by Gasteiger charge is 2.34. The Morgan fingerprint density at radius 1 is 1.52 bits per heavy atom. The van der Waals surface area contributed by atoms with Gasteiger partial charge in [0.15, 0.2) is 0 Å². The molecule has 0 amide bonds. The number of nitrogens with one attached hydrogen (secondary N) is 1. The van der Waals surface area contributed by atoms with Gasteiger partial charge in [-0.15, -0.1) is 12.4 Å². The number of hydrogen-bond acceptors (Lipinski definition) is 6. The van der Waals surface area contributed by atoms with Gasteiger partial charge in [-0.2, -0.15) is 4.31 Å². The van der Waals surface area contributed by atoms with E-state index >= 15 is 0 Å². The quantitative estimate of drug-likeness (QED) is 0.819.